The fraction of sp³-hybridized carbons (Fsp3) is 0.593. The molecule has 6 atom stereocenters. The average molecular weight is 592 g/mol. The second-order valence-electron chi connectivity index (χ2n) is 10.3. The Hall–Kier alpha value is -3.36. The Morgan fingerprint density at radius 1 is 1.22 bits per heavy atom. The Balaban J connectivity index is 1.59. The fourth-order valence-electron chi connectivity index (χ4n) is 5.63. The summed E-state index contributed by atoms with van der Waals surface area (Å²) >= 11 is 1.32. The number of likely N-dealkylation sites (tertiary alicyclic amines) is 1. The minimum Gasteiger partial charge on any atom is -0.457 e. The number of hydrogen-bond donors (Lipinski definition) is 2. The number of nitrogens with two attached hydrogens (primary N) is 1. The van der Waals surface area contributed by atoms with Crippen LogP contribution in [0.1, 0.15) is 20.3 Å². The average Bonchev–Trinajstić information content (AvgIpc) is 3.48. The third kappa shape index (κ3) is 6.14. The topological polar surface area (TPSA) is 164 Å². The lowest BCUT2D eigenvalue weighted by molar-refractivity contribution is -0.164. The van der Waals surface area contributed by atoms with E-state index in [0.717, 1.165) is 0 Å². The second-order valence-corrected chi connectivity index (χ2v) is 11.6. The highest BCUT2D eigenvalue weighted by Gasteiger charge is 2.60. The van der Waals surface area contributed by atoms with Gasteiger partial charge in [0, 0.05) is 35.7 Å². The van der Waals surface area contributed by atoms with Gasteiger partial charge in [-0.25, -0.2) is 9.59 Å². The Morgan fingerprint density at radius 2 is 1.88 bits per heavy atom. The van der Waals surface area contributed by atoms with E-state index in [0.29, 0.717) is 31.2 Å². The standard InChI is InChI=1S/C27H37N5O8S/c1-5-9-39-25(36)21-22(15(3)20-19(16(4)33)24(35)32(20)21)41-17-13-18(31(14-17)27(37)40-10-6-2)23(34)29-26(28)30-7-11-38-12-8-30/h5-6,15-20,33H,1-2,7-14H2,3-4H3,(H2,28,29,34)/t15-,16-,17+,18+,19-,20-/m1/s1. The smallest absolute Gasteiger partial charge is 0.410 e. The quantitative estimate of drug-likeness (QED) is 0.126. The van der Waals surface area contributed by atoms with Gasteiger partial charge in [-0.05, 0) is 13.3 Å². The molecule has 3 amide bonds. The SMILES string of the molecule is C=CCOC(=O)C1=C(S[C@H]2C[C@@H](C(=O)N=C(N)N3CCOCC3)N(C(=O)OCC=C)C2)[C@H](C)[C@@H]2[C@@H]([C@@H](C)O)C(=O)N12. The molecule has 0 spiro atoms. The Kier molecular flexibility index (Phi) is 9.76. The molecule has 0 unspecified atom stereocenters. The monoisotopic (exact) mass is 591 g/mol. The molecule has 0 aromatic rings. The maximum absolute atomic E-state index is 13.3. The molecule has 41 heavy (non-hydrogen) atoms. The first-order chi connectivity index (χ1) is 19.6. The zero-order valence-corrected chi connectivity index (χ0v) is 24.1. The number of fused-ring (bicyclic) bond motifs is 1. The summed E-state index contributed by atoms with van der Waals surface area (Å²) in [7, 11) is 0. The maximum atomic E-state index is 13.3. The predicted octanol–water partition coefficient (Wildman–Crippen LogP) is 0.457. The summed E-state index contributed by atoms with van der Waals surface area (Å²) < 4.78 is 15.9. The van der Waals surface area contributed by atoms with E-state index in [2.05, 4.69) is 18.2 Å². The van der Waals surface area contributed by atoms with E-state index in [1.165, 1.54) is 33.7 Å². The number of carbonyl (C=O) groups is 4. The Bertz CT molecular complexity index is 1150. The molecule has 4 aliphatic rings. The number of amides is 3. The minimum atomic E-state index is -0.943. The summed E-state index contributed by atoms with van der Waals surface area (Å²) in [6, 6.07) is -1.34. The van der Waals surface area contributed by atoms with Crippen molar-refractivity contribution in [3.8, 4) is 0 Å². The number of hydrogen-bond acceptors (Lipinski definition) is 9. The third-order valence-corrected chi connectivity index (χ3v) is 9.09. The zero-order chi connectivity index (χ0) is 29.8. The molecule has 0 aromatic carbocycles. The molecule has 0 radical (unpaired) electrons. The van der Waals surface area contributed by atoms with Crippen molar-refractivity contribution in [1.82, 2.24) is 14.7 Å². The molecule has 3 N–H and O–H groups in total. The van der Waals surface area contributed by atoms with Crippen LogP contribution in [0.5, 0.6) is 0 Å². The number of carbonyl (C=O) groups excluding carboxylic acids is 4. The first-order valence-electron chi connectivity index (χ1n) is 13.6. The van der Waals surface area contributed by atoms with Gasteiger partial charge in [0.2, 0.25) is 5.91 Å². The van der Waals surface area contributed by atoms with Gasteiger partial charge in [-0.1, -0.05) is 32.2 Å². The molecule has 14 heteroatoms. The van der Waals surface area contributed by atoms with Crippen molar-refractivity contribution < 1.29 is 38.5 Å². The number of aliphatic hydroxyl groups excluding tert-OH is 1. The number of esters is 1. The lowest BCUT2D eigenvalue weighted by atomic mass is 9.79. The molecule has 3 saturated heterocycles. The molecule has 13 nitrogen and oxygen atoms in total. The van der Waals surface area contributed by atoms with Crippen LogP contribution in [0.4, 0.5) is 4.79 Å². The molecule has 4 rings (SSSR count). The van der Waals surface area contributed by atoms with Gasteiger partial charge in [0.1, 0.15) is 25.0 Å². The van der Waals surface area contributed by atoms with E-state index in [9.17, 15) is 24.3 Å². The highest BCUT2D eigenvalue weighted by Crippen LogP contribution is 2.52. The first kappa shape index (κ1) is 30.6. The van der Waals surface area contributed by atoms with Crippen molar-refractivity contribution in [3.63, 3.8) is 0 Å². The van der Waals surface area contributed by atoms with Gasteiger partial charge in [0.25, 0.3) is 5.91 Å². The van der Waals surface area contributed by atoms with Gasteiger partial charge in [-0.3, -0.25) is 14.5 Å². The highest BCUT2D eigenvalue weighted by atomic mass is 32.2. The van der Waals surface area contributed by atoms with Crippen LogP contribution in [0.2, 0.25) is 0 Å². The molecule has 0 aromatic heterocycles. The van der Waals surface area contributed by atoms with Crippen molar-refractivity contribution >= 4 is 41.6 Å². The van der Waals surface area contributed by atoms with Gasteiger partial charge >= 0.3 is 12.1 Å². The second kappa shape index (κ2) is 13.1. The van der Waals surface area contributed by atoms with E-state index in [1.807, 2.05) is 6.92 Å². The lowest BCUT2D eigenvalue weighted by Crippen LogP contribution is -2.63. The van der Waals surface area contributed by atoms with Gasteiger partial charge in [0.05, 0.1) is 31.3 Å². The van der Waals surface area contributed by atoms with E-state index in [1.54, 1.807) is 11.8 Å². The summed E-state index contributed by atoms with van der Waals surface area (Å²) in [4.78, 5) is 61.5. The molecule has 4 aliphatic heterocycles. The summed E-state index contributed by atoms with van der Waals surface area (Å²) in [6.45, 7) is 12.6. The number of rotatable bonds is 9. The minimum absolute atomic E-state index is 0.0335. The maximum Gasteiger partial charge on any atom is 0.410 e. The Morgan fingerprint density at radius 3 is 2.51 bits per heavy atom. The van der Waals surface area contributed by atoms with Gasteiger partial charge in [-0.2, -0.15) is 4.99 Å². The predicted molar refractivity (Wildman–Crippen MR) is 150 cm³/mol. The normalized spacial score (nSPS) is 28.7. The van der Waals surface area contributed by atoms with Gasteiger partial charge in [0.15, 0.2) is 5.96 Å². The van der Waals surface area contributed by atoms with Crippen LogP contribution < -0.4 is 5.73 Å². The molecule has 4 heterocycles. The number of nitrogens with zero attached hydrogens (tertiary/aromatic N) is 4. The highest BCUT2D eigenvalue weighted by molar-refractivity contribution is 8.03. The number of guanidine groups is 1. The van der Waals surface area contributed by atoms with Crippen LogP contribution >= 0.6 is 11.8 Å². The van der Waals surface area contributed by atoms with Crippen LogP contribution in [0, 0.1) is 11.8 Å². The molecule has 0 aliphatic carbocycles. The number of morpholine rings is 1. The summed E-state index contributed by atoms with van der Waals surface area (Å²) in [5.74, 6) is -2.48. The van der Waals surface area contributed by atoms with Crippen LogP contribution in [0.3, 0.4) is 0 Å². The molecule has 3 fully saturated rings. The summed E-state index contributed by atoms with van der Waals surface area (Å²) in [6.07, 6.45) is 1.49. The van der Waals surface area contributed by atoms with Crippen molar-refractivity contribution in [2.75, 3.05) is 46.1 Å². The number of ether oxygens (including phenoxy) is 3. The Labute approximate surface area is 243 Å². The van der Waals surface area contributed by atoms with Crippen molar-refractivity contribution in [3.05, 3.63) is 35.9 Å². The summed E-state index contributed by atoms with van der Waals surface area (Å²) in [5.41, 5.74) is 6.23. The van der Waals surface area contributed by atoms with E-state index in [4.69, 9.17) is 19.9 Å². The van der Waals surface area contributed by atoms with Crippen LogP contribution in [-0.2, 0) is 28.6 Å². The summed E-state index contributed by atoms with van der Waals surface area (Å²) in [5, 5.41) is 9.90. The van der Waals surface area contributed by atoms with Crippen LogP contribution in [0.25, 0.3) is 0 Å². The largest absolute Gasteiger partial charge is 0.457 e. The van der Waals surface area contributed by atoms with E-state index >= 15 is 0 Å². The molecule has 0 saturated carbocycles. The number of β-lactam (4-membered cyclic amide) rings is 1. The molecular weight excluding hydrogens is 554 g/mol. The molecular formula is C27H37N5O8S. The fourth-order valence-corrected chi connectivity index (χ4v) is 7.15. The van der Waals surface area contributed by atoms with Crippen molar-refractivity contribution in [2.24, 2.45) is 22.6 Å². The van der Waals surface area contributed by atoms with Crippen LogP contribution in [0.15, 0.2) is 40.9 Å². The van der Waals surface area contributed by atoms with E-state index < -0.39 is 42.1 Å². The lowest BCUT2D eigenvalue weighted by Gasteiger charge is -2.46. The van der Waals surface area contributed by atoms with Gasteiger partial charge < -0.3 is 34.9 Å². The van der Waals surface area contributed by atoms with Crippen LogP contribution in [-0.4, -0.2) is 119 Å². The van der Waals surface area contributed by atoms with Crippen molar-refractivity contribution in [1.29, 1.82) is 0 Å². The third-order valence-electron chi connectivity index (χ3n) is 7.59. The zero-order valence-electron chi connectivity index (χ0n) is 23.3. The number of aliphatic hydroxyl groups is 1. The van der Waals surface area contributed by atoms with Gasteiger partial charge in [-0.15, -0.1) is 11.8 Å². The first-order valence-corrected chi connectivity index (χ1v) is 14.4. The number of aliphatic imine (C=N–C) groups is 1. The molecule has 224 valence electrons. The van der Waals surface area contributed by atoms with E-state index in [-0.39, 0.29) is 54.9 Å². The van der Waals surface area contributed by atoms with Crippen molar-refractivity contribution in [2.45, 2.75) is 43.7 Å². The number of thioether (sulfide) groups is 1. The molecule has 0 bridgehead atoms.